The summed E-state index contributed by atoms with van der Waals surface area (Å²) < 4.78 is 0. The van der Waals surface area contributed by atoms with Gasteiger partial charge in [-0.2, -0.15) is 5.26 Å². The molecule has 0 saturated carbocycles. The van der Waals surface area contributed by atoms with Crippen LogP contribution in [0.5, 0.6) is 0 Å². The molecule has 1 saturated heterocycles. The number of benzene rings is 3. The van der Waals surface area contributed by atoms with Crippen LogP contribution in [0.3, 0.4) is 0 Å². The molecule has 0 unspecified atom stereocenters. The first-order valence-electron chi connectivity index (χ1n) is 11.4. The Bertz CT molecular complexity index is 1170. The van der Waals surface area contributed by atoms with Crippen LogP contribution in [-0.2, 0) is 11.2 Å². The Labute approximate surface area is 196 Å². The van der Waals surface area contributed by atoms with E-state index in [-0.39, 0.29) is 5.91 Å². The van der Waals surface area contributed by atoms with Gasteiger partial charge in [-0.1, -0.05) is 61.2 Å². The maximum absolute atomic E-state index is 12.6. The molecule has 1 aliphatic heterocycles. The Kier molecular flexibility index (Phi) is 6.90. The first-order valence-corrected chi connectivity index (χ1v) is 11.4. The predicted molar refractivity (Wildman–Crippen MR) is 134 cm³/mol. The molecule has 1 aliphatic rings. The number of likely N-dealkylation sites (tertiary alicyclic amines) is 1. The molecule has 1 fully saturated rings. The van der Waals surface area contributed by atoms with Gasteiger partial charge in [0, 0.05) is 24.5 Å². The standard InChI is InChI=1S/C29H29N3O/c1-21-8-11-27(19-28(21)31-29(33)18-23-6-4-3-5-7-23)22(2)32-16-14-26(15-17-32)25-12-9-24(20-30)10-13-25/h3-13,19,26H,2,14-18H2,1H3,(H,31,33). The molecule has 0 bridgehead atoms. The summed E-state index contributed by atoms with van der Waals surface area (Å²) in [5.74, 6) is 0.489. The van der Waals surface area contributed by atoms with E-state index in [0.29, 0.717) is 17.9 Å². The summed E-state index contributed by atoms with van der Waals surface area (Å²) in [6.45, 7) is 8.25. The number of hydrogen-bond donors (Lipinski definition) is 1. The highest BCUT2D eigenvalue weighted by atomic mass is 16.1. The minimum Gasteiger partial charge on any atom is -0.371 e. The number of rotatable bonds is 6. The van der Waals surface area contributed by atoms with Gasteiger partial charge in [-0.05, 0) is 66.1 Å². The molecule has 0 spiro atoms. The summed E-state index contributed by atoms with van der Waals surface area (Å²) in [5.41, 5.74) is 6.90. The van der Waals surface area contributed by atoms with Gasteiger partial charge in [0.25, 0.3) is 0 Å². The Balaban J connectivity index is 1.38. The van der Waals surface area contributed by atoms with Crippen molar-refractivity contribution in [2.45, 2.75) is 32.1 Å². The Morgan fingerprint density at radius 2 is 1.76 bits per heavy atom. The van der Waals surface area contributed by atoms with Crippen molar-refractivity contribution in [3.05, 3.63) is 107 Å². The minimum atomic E-state index is -0.0182. The lowest BCUT2D eigenvalue weighted by Crippen LogP contribution is -2.31. The normalized spacial score (nSPS) is 13.9. The number of amides is 1. The summed E-state index contributed by atoms with van der Waals surface area (Å²) in [5, 5.41) is 12.1. The van der Waals surface area contributed by atoms with E-state index >= 15 is 0 Å². The molecule has 4 rings (SSSR count). The predicted octanol–water partition coefficient (Wildman–Crippen LogP) is 5.90. The van der Waals surface area contributed by atoms with Crippen LogP contribution in [0.2, 0.25) is 0 Å². The Morgan fingerprint density at radius 1 is 1.06 bits per heavy atom. The summed E-state index contributed by atoms with van der Waals surface area (Å²) in [7, 11) is 0. The first-order chi connectivity index (χ1) is 16.0. The van der Waals surface area contributed by atoms with Crippen molar-refractivity contribution in [2.24, 2.45) is 0 Å². The molecule has 4 nitrogen and oxygen atoms in total. The number of nitrogens with one attached hydrogen (secondary N) is 1. The van der Waals surface area contributed by atoms with E-state index in [0.717, 1.165) is 54.0 Å². The first kappa shape index (κ1) is 22.4. The third-order valence-corrected chi connectivity index (χ3v) is 6.44. The number of carbonyl (C=O) groups excluding carboxylic acids is 1. The van der Waals surface area contributed by atoms with E-state index in [1.807, 2.05) is 61.5 Å². The Morgan fingerprint density at radius 3 is 2.42 bits per heavy atom. The van der Waals surface area contributed by atoms with Crippen LogP contribution in [-0.4, -0.2) is 23.9 Å². The van der Waals surface area contributed by atoms with E-state index in [2.05, 4.69) is 41.1 Å². The maximum atomic E-state index is 12.6. The van der Waals surface area contributed by atoms with Crippen LogP contribution in [0.25, 0.3) is 5.70 Å². The van der Waals surface area contributed by atoms with Gasteiger partial charge in [-0.15, -0.1) is 0 Å². The molecule has 3 aromatic carbocycles. The summed E-state index contributed by atoms with van der Waals surface area (Å²) in [4.78, 5) is 14.9. The lowest BCUT2D eigenvalue weighted by molar-refractivity contribution is -0.115. The number of nitrogens with zero attached hydrogens (tertiary/aromatic N) is 2. The molecule has 3 aromatic rings. The highest BCUT2D eigenvalue weighted by Crippen LogP contribution is 2.32. The van der Waals surface area contributed by atoms with Crippen LogP contribution in [0.1, 0.15) is 46.6 Å². The molecular weight excluding hydrogens is 406 g/mol. The van der Waals surface area contributed by atoms with Crippen LogP contribution >= 0.6 is 0 Å². The molecule has 1 amide bonds. The SMILES string of the molecule is C=C(c1ccc(C)c(NC(=O)Cc2ccccc2)c1)N1CCC(c2ccc(C#N)cc2)CC1. The lowest BCUT2D eigenvalue weighted by Gasteiger charge is -2.35. The van der Waals surface area contributed by atoms with Gasteiger partial charge in [0.1, 0.15) is 0 Å². The number of piperidine rings is 1. The van der Waals surface area contributed by atoms with Gasteiger partial charge in [-0.25, -0.2) is 0 Å². The zero-order valence-electron chi connectivity index (χ0n) is 19.1. The molecule has 1 heterocycles. The second-order valence-corrected chi connectivity index (χ2v) is 8.68. The molecule has 4 heteroatoms. The summed E-state index contributed by atoms with van der Waals surface area (Å²) in [6, 6.07) is 26.1. The van der Waals surface area contributed by atoms with Gasteiger partial charge in [0.15, 0.2) is 0 Å². The third-order valence-electron chi connectivity index (χ3n) is 6.44. The van der Waals surface area contributed by atoms with Crippen molar-refractivity contribution >= 4 is 17.3 Å². The molecule has 0 aromatic heterocycles. The van der Waals surface area contributed by atoms with Gasteiger partial charge < -0.3 is 10.2 Å². The van der Waals surface area contributed by atoms with Crippen molar-refractivity contribution in [1.82, 2.24) is 4.90 Å². The van der Waals surface area contributed by atoms with Crippen molar-refractivity contribution in [2.75, 3.05) is 18.4 Å². The number of aryl methyl sites for hydroxylation is 1. The van der Waals surface area contributed by atoms with Gasteiger partial charge >= 0.3 is 0 Å². The number of anilines is 1. The van der Waals surface area contributed by atoms with Gasteiger partial charge in [0.2, 0.25) is 5.91 Å². The number of carbonyl (C=O) groups is 1. The number of nitriles is 1. The maximum Gasteiger partial charge on any atom is 0.228 e. The molecule has 0 radical (unpaired) electrons. The van der Waals surface area contributed by atoms with Gasteiger partial charge in [-0.3, -0.25) is 4.79 Å². The average Bonchev–Trinajstić information content (AvgIpc) is 2.86. The fourth-order valence-electron chi connectivity index (χ4n) is 4.41. The lowest BCUT2D eigenvalue weighted by atomic mass is 9.88. The van der Waals surface area contributed by atoms with E-state index < -0.39 is 0 Å². The van der Waals surface area contributed by atoms with Crippen molar-refractivity contribution in [1.29, 1.82) is 5.26 Å². The van der Waals surface area contributed by atoms with Crippen LogP contribution < -0.4 is 5.32 Å². The zero-order valence-corrected chi connectivity index (χ0v) is 19.1. The summed E-state index contributed by atoms with van der Waals surface area (Å²) >= 11 is 0. The number of hydrogen-bond acceptors (Lipinski definition) is 3. The second kappa shape index (κ2) is 10.2. The van der Waals surface area contributed by atoms with E-state index in [4.69, 9.17) is 5.26 Å². The topological polar surface area (TPSA) is 56.1 Å². The molecule has 0 atom stereocenters. The molecular formula is C29H29N3O. The third kappa shape index (κ3) is 5.51. The fourth-order valence-corrected chi connectivity index (χ4v) is 4.41. The minimum absolute atomic E-state index is 0.0182. The van der Waals surface area contributed by atoms with Crippen LogP contribution in [0, 0.1) is 18.3 Å². The molecule has 33 heavy (non-hydrogen) atoms. The highest BCUT2D eigenvalue weighted by molar-refractivity contribution is 5.93. The average molecular weight is 436 g/mol. The highest BCUT2D eigenvalue weighted by Gasteiger charge is 2.22. The largest absolute Gasteiger partial charge is 0.371 e. The van der Waals surface area contributed by atoms with Crippen molar-refractivity contribution in [3.63, 3.8) is 0 Å². The Hall–Kier alpha value is -3.84. The quantitative estimate of drug-likeness (QED) is 0.525. The summed E-state index contributed by atoms with van der Waals surface area (Å²) in [6.07, 6.45) is 2.46. The van der Waals surface area contributed by atoms with Crippen LogP contribution in [0.4, 0.5) is 5.69 Å². The molecule has 0 aliphatic carbocycles. The van der Waals surface area contributed by atoms with Crippen molar-refractivity contribution in [3.8, 4) is 6.07 Å². The second-order valence-electron chi connectivity index (χ2n) is 8.68. The van der Waals surface area contributed by atoms with E-state index in [1.54, 1.807) is 0 Å². The van der Waals surface area contributed by atoms with Gasteiger partial charge in [0.05, 0.1) is 18.1 Å². The zero-order chi connectivity index (χ0) is 23.2. The van der Waals surface area contributed by atoms with E-state index in [1.165, 1.54) is 5.56 Å². The smallest absolute Gasteiger partial charge is 0.228 e. The van der Waals surface area contributed by atoms with Crippen LogP contribution in [0.15, 0.2) is 79.4 Å². The monoisotopic (exact) mass is 435 g/mol. The van der Waals surface area contributed by atoms with E-state index in [9.17, 15) is 4.79 Å². The van der Waals surface area contributed by atoms with Crippen molar-refractivity contribution < 1.29 is 4.79 Å². The molecule has 166 valence electrons. The fraction of sp³-hybridized carbons (Fsp3) is 0.241. The molecule has 1 N–H and O–H groups in total.